The molecule has 238 valence electrons. The summed E-state index contributed by atoms with van der Waals surface area (Å²) in [6, 6.07) is 9.25. The van der Waals surface area contributed by atoms with Gasteiger partial charge in [0, 0.05) is 18.0 Å². The van der Waals surface area contributed by atoms with Crippen LogP contribution in [0.15, 0.2) is 53.3 Å². The van der Waals surface area contributed by atoms with Crippen LogP contribution in [0, 0.1) is 17.8 Å². The molecule has 1 fully saturated rings. The van der Waals surface area contributed by atoms with Crippen molar-refractivity contribution in [2.24, 2.45) is 23.5 Å². The molecule has 2 aromatic carbocycles. The molecular formula is C33H37N3O9. The largest absolute Gasteiger partial charge is 0.508 e. The molecule has 0 bridgehead atoms. The first-order valence-electron chi connectivity index (χ1n) is 14.7. The molecule has 0 aliphatic heterocycles. The van der Waals surface area contributed by atoms with E-state index in [9.17, 15) is 39.6 Å². The first-order chi connectivity index (χ1) is 21.2. The number of nitrogens with zero attached hydrogens (tertiary/aromatic N) is 1. The summed E-state index contributed by atoms with van der Waals surface area (Å²) in [5.41, 5.74) is 4.44. The number of carbonyl (C=O) groups is 4. The van der Waals surface area contributed by atoms with E-state index in [2.05, 4.69) is 5.32 Å². The molecule has 5 rings (SSSR count). The summed E-state index contributed by atoms with van der Waals surface area (Å²) in [7, 11) is 3.11. The molecule has 0 unspecified atom stereocenters. The number of ether oxygens (including phenoxy) is 1. The van der Waals surface area contributed by atoms with Gasteiger partial charge in [-0.2, -0.15) is 0 Å². The Bertz CT molecular complexity index is 1660. The molecule has 2 amide bonds. The van der Waals surface area contributed by atoms with Crippen molar-refractivity contribution in [2.75, 3.05) is 20.7 Å². The first kappa shape index (κ1) is 31.7. The number of aliphatic hydroxyl groups is 3. The Hall–Kier alpha value is -4.68. The van der Waals surface area contributed by atoms with Gasteiger partial charge in [-0.05, 0) is 67.1 Å². The van der Waals surface area contributed by atoms with Gasteiger partial charge in [-0.25, -0.2) is 4.79 Å². The standard InChI is InChI=1S/C33H37N3O9/c1-15(2)14-45-32(43)35-13-16-5-7-17(8-6-16)19-9-10-22(37)24-20(19)11-18-12-21-26(36(3)4)28(39)25(31(34)42)30(41)33(21,44)29(40)23(18)27(24)38/h5-10,15,18,21,26,37-38,41,44H,11-14H2,1-4H3,(H2,34,42)(H,35,43)/t18-,21-,26-,33-/m0/s1. The third-order valence-electron chi connectivity index (χ3n) is 8.85. The van der Waals surface area contributed by atoms with Crippen LogP contribution in [0.1, 0.15) is 37.0 Å². The van der Waals surface area contributed by atoms with Crippen molar-refractivity contribution in [3.63, 3.8) is 0 Å². The summed E-state index contributed by atoms with van der Waals surface area (Å²) < 4.78 is 5.14. The quantitative estimate of drug-likeness (QED) is 0.250. The minimum atomic E-state index is -2.69. The number of phenolic OH excluding ortho intramolecular Hbond substituents is 1. The number of likely N-dealkylation sites (N-methyl/N-ethyl adjacent to an activating group) is 1. The maximum atomic E-state index is 14.0. The van der Waals surface area contributed by atoms with Crippen molar-refractivity contribution in [3.8, 4) is 16.9 Å². The summed E-state index contributed by atoms with van der Waals surface area (Å²) in [4.78, 5) is 52.9. The second-order valence-corrected chi connectivity index (χ2v) is 12.5. The number of carbonyl (C=O) groups excluding carboxylic acids is 4. The Morgan fingerprint density at radius 2 is 1.76 bits per heavy atom. The number of fused-ring (bicyclic) bond motifs is 3. The fourth-order valence-electron chi connectivity index (χ4n) is 6.78. The van der Waals surface area contributed by atoms with Gasteiger partial charge in [0.2, 0.25) is 5.78 Å². The number of primary amides is 1. The van der Waals surface area contributed by atoms with Crippen LogP contribution >= 0.6 is 0 Å². The van der Waals surface area contributed by atoms with E-state index in [1.807, 2.05) is 38.1 Å². The number of rotatable bonds is 7. The van der Waals surface area contributed by atoms with Crippen LogP contribution in [0.4, 0.5) is 4.79 Å². The summed E-state index contributed by atoms with van der Waals surface area (Å²) in [6.45, 7) is 4.44. The molecule has 0 saturated heterocycles. The number of Topliss-reactive ketones (excluding diaryl/α,β-unsaturated/α-hetero) is 2. The Kier molecular flexibility index (Phi) is 8.23. The molecule has 45 heavy (non-hydrogen) atoms. The highest BCUT2D eigenvalue weighted by atomic mass is 16.5. The molecule has 3 aliphatic carbocycles. The van der Waals surface area contributed by atoms with Gasteiger partial charge < -0.3 is 36.2 Å². The average Bonchev–Trinajstić information content (AvgIpc) is 2.97. The molecule has 3 aliphatic rings. The molecule has 0 spiro atoms. The molecule has 2 aromatic rings. The van der Waals surface area contributed by atoms with E-state index in [-0.39, 0.29) is 42.2 Å². The zero-order valence-corrected chi connectivity index (χ0v) is 25.5. The summed E-state index contributed by atoms with van der Waals surface area (Å²) in [6.07, 6.45) is -0.347. The van der Waals surface area contributed by atoms with E-state index in [0.717, 1.165) is 11.1 Å². The van der Waals surface area contributed by atoms with Crippen molar-refractivity contribution in [2.45, 2.75) is 44.9 Å². The van der Waals surface area contributed by atoms with Gasteiger partial charge >= 0.3 is 6.09 Å². The van der Waals surface area contributed by atoms with Crippen molar-refractivity contribution in [3.05, 3.63) is 70.0 Å². The number of hydrogen-bond donors (Lipinski definition) is 6. The fraction of sp³-hybridized carbons (Fsp3) is 0.394. The van der Waals surface area contributed by atoms with Crippen LogP contribution in [-0.4, -0.2) is 81.2 Å². The average molecular weight is 620 g/mol. The molecule has 4 atom stereocenters. The van der Waals surface area contributed by atoms with Crippen LogP contribution in [0.3, 0.4) is 0 Å². The van der Waals surface area contributed by atoms with Gasteiger partial charge in [0.1, 0.15) is 22.8 Å². The minimum Gasteiger partial charge on any atom is -0.508 e. The van der Waals surface area contributed by atoms with Crippen molar-refractivity contribution >= 4 is 29.3 Å². The molecule has 1 saturated carbocycles. The molecule has 12 nitrogen and oxygen atoms in total. The molecule has 0 heterocycles. The van der Waals surface area contributed by atoms with Crippen LogP contribution in [0.5, 0.6) is 5.75 Å². The first-order valence-corrected chi connectivity index (χ1v) is 14.7. The number of hydrogen-bond acceptors (Lipinski definition) is 10. The number of amides is 2. The number of aromatic hydroxyl groups is 1. The number of nitrogens with two attached hydrogens (primary N) is 1. The highest BCUT2D eigenvalue weighted by Crippen LogP contribution is 2.53. The second-order valence-electron chi connectivity index (χ2n) is 12.5. The van der Waals surface area contributed by atoms with Gasteiger partial charge in [-0.1, -0.05) is 44.2 Å². The highest BCUT2D eigenvalue weighted by molar-refractivity contribution is 6.24. The number of alkyl carbamates (subject to hydrolysis) is 1. The number of nitrogens with one attached hydrogen (secondary N) is 1. The number of ketones is 2. The predicted molar refractivity (Wildman–Crippen MR) is 163 cm³/mol. The lowest BCUT2D eigenvalue weighted by molar-refractivity contribution is -0.153. The molecule has 12 heteroatoms. The van der Waals surface area contributed by atoms with E-state index in [1.54, 1.807) is 20.2 Å². The van der Waals surface area contributed by atoms with Gasteiger partial charge in [-0.3, -0.25) is 19.3 Å². The summed E-state index contributed by atoms with van der Waals surface area (Å²) in [5, 5.41) is 47.8. The summed E-state index contributed by atoms with van der Waals surface area (Å²) >= 11 is 0. The van der Waals surface area contributed by atoms with Crippen LogP contribution in [0.25, 0.3) is 16.9 Å². The van der Waals surface area contributed by atoms with E-state index < -0.39 is 64.1 Å². The molecule has 0 radical (unpaired) electrons. The molecule has 0 aromatic heterocycles. The Morgan fingerprint density at radius 3 is 2.36 bits per heavy atom. The normalized spacial score (nSPS) is 24.4. The maximum Gasteiger partial charge on any atom is 0.407 e. The van der Waals surface area contributed by atoms with E-state index in [0.29, 0.717) is 17.7 Å². The van der Waals surface area contributed by atoms with Crippen LogP contribution in [0.2, 0.25) is 0 Å². The zero-order chi connectivity index (χ0) is 33.0. The Morgan fingerprint density at radius 1 is 1.09 bits per heavy atom. The smallest absolute Gasteiger partial charge is 0.407 e. The van der Waals surface area contributed by atoms with Crippen LogP contribution < -0.4 is 11.1 Å². The van der Waals surface area contributed by atoms with Crippen molar-refractivity contribution in [1.82, 2.24) is 10.2 Å². The summed E-state index contributed by atoms with van der Waals surface area (Å²) in [5.74, 6) is -6.74. The number of aliphatic hydroxyl groups excluding tert-OH is 2. The highest BCUT2D eigenvalue weighted by Gasteiger charge is 2.64. The second kappa shape index (κ2) is 11.7. The topological polar surface area (TPSA) is 200 Å². The van der Waals surface area contributed by atoms with E-state index in [1.165, 1.54) is 11.0 Å². The lowest BCUT2D eigenvalue weighted by Gasteiger charge is -2.50. The number of benzene rings is 2. The lowest BCUT2D eigenvalue weighted by Crippen LogP contribution is -2.65. The van der Waals surface area contributed by atoms with Crippen molar-refractivity contribution < 1.29 is 44.3 Å². The minimum absolute atomic E-state index is 0.00161. The van der Waals surface area contributed by atoms with Crippen molar-refractivity contribution in [1.29, 1.82) is 0 Å². The third-order valence-corrected chi connectivity index (χ3v) is 8.85. The van der Waals surface area contributed by atoms with Gasteiger partial charge in [0.05, 0.1) is 18.2 Å². The molecular weight excluding hydrogens is 582 g/mol. The van der Waals surface area contributed by atoms with Crippen LogP contribution in [-0.2, 0) is 32.1 Å². The maximum absolute atomic E-state index is 14.0. The Labute approximate surface area is 259 Å². The van der Waals surface area contributed by atoms with E-state index in [4.69, 9.17) is 10.5 Å². The SMILES string of the molecule is CC(C)COC(=O)NCc1ccc(-c2ccc(O)c3c2C[C@H]2C[C@H]4[C@H](N(C)C)C(=O)C(C(N)=O)=C(O)[C@@]4(O)C(=O)C2=C3O)cc1. The third kappa shape index (κ3) is 5.23. The lowest BCUT2D eigenvalue weighted by atomic mass is 9.57. The monoisotopic (exact) mass is 619 g/mol. The Balaban J connectivity index is 1.53. The predicted octanol–water partition coefficient (Wildman–Crippen LogP) is 2.51. The van der Waals surface area contributed by atoms with E-state index >= 15 is 0 Å². The fourth-order valence-corrected chi connectivity index (χ4v) is 6.78. The van der Waals surface area contributed by atoms with Gasteiger partial charge in [0.25, 0.3) is 5.91 Å². The van der Waals surface area contributed by atoms with Gasteiger partial charge in [0.15, 0.2) is 11.4 Å². The van der Waals surface area contributed by atoms with Gasteiger partial charge in [-0.15, -0.1) is 0 Å². The molecule has 7 N–H and O–H groups in total. The zero-order valence-electron chi connectivity index (χ0n) is 25.5. The number of phenols is 1.